The number of aryl methyl sites for hydroxylation is 2. The maximum atomic E-state index is 12.8. The minimum atomic E-state index is 0.114. The average Bonchev–Trinajstić information content (AvgIpc) is 2.98. The van der Waals surface area contributed by atoms with E-state index in [0.717, 1.165) is 40.9 Å². The summed E-state index contributed by atoms with van der Waals surface area (Å²) in [6.45, 7) is 0. The van der Waals surface area contributed by atoms with E-state index in [1.807, 2.05) is 31.3 Å². The van der Waals surface area contributed by atoms with Crippen LogP contribution >= 0.6 is 0 Å². The molecule has 1 aromatic heterocycles. The van der Waals surface area contributed by atoms with Crippen LogP contribution in [0.1, 0.15) is 27.9 Å². The molecule has 1 heterocycles. The van der Waals surface area contributed by atoms with Gasteiger partial charge in [0.05, 0.1) is 7.11 Å². The zero-order chi connectivity index (χ0) is 16.7. The zero-order valence-corrected chi connectivity index (χ0v) is 13.9. The topological polar surface area (TPSA) is 31.2 Å². The summed E-state index contributed by atoms with van der Waals surface area (Å²) in [7, 11) is 3.66. The Bertz CT molecular complexity index is 979. The molecule has 120 valence electrons. The van der Waals surface area contributed by atoms with Crippen molar-refractivity contribution < 1.29 is 9.53 Å². The summed E-state index contributed by atoms with van der Waals surface area (Å²) in [4.78, 5) is 12.8. The largest absolute Gasteiger partial charge is 0.497 e. The van der Waals surface area contributed by atoms with Gasteiger partial charge in [0.25, 0.3) is 0 Å². The molecule has 0 aliphatic heterocycles. The van der Waals surface area contributed by atoms with Gasteiger partial charge in [-0.15, -0.1) is 0 Å². The molecule has 3 aromatic rings. The molecule has 0 radical (unpaired) electrons. The highest BCUT2D eigenvalue weighted by atomic mass is 16.5. The number of allylic oxidation sites excluding steroid dienone is 1. The number of Topliss-reactive ketones (excluding diaryl/α,β-unsaturated/α-hetero) is 1. The van der Waals surface area contributed by atoms with E-state index >= 15 is 0 Å². The number of carbonyl (C=O) groups excluding carboxylic acids is 1. The van der Waals surface area contributed by atoms with Crippen molar-refractivity contribution in [3.8, 4) is 5.75 Å². The number of fused-ring (bicyclic) bond motifs is 2. The number of benzene rings is 2. The number of aromatic nitrogens is 1. The smallest absolute Gasteiger partial charge is 0.189 e. The lowest BCUT2D eigenvalue weighted by Gasteiger charge is -2.18. The third kappa shape index (κ3) is 2.42. The highest BCUT2D eigenvalue weighted by Crippen LogP contribution is 2.30. The van der Waals surface area contributed by atoms with Crippen molar-refractivity contribution in [1.29, 1.82) is 0 Å². The van der Waals surface area contributed by atoms with E-state index in [4.69, 9.17) is 4.74 Å². The molecule has 0 spiro atoms. The maximum Gasteiger partial charge on any atom is 0.189 e. The molecule has 1 aliphatic rings. The fourth-order valence-corrected chi connectivity index (χ4v) is 3.40. The quantitative estimate of drug-likeness (QED) is 0.656. The van der Waals surface area contributed by atoms with E-state index in [1.54, 1.807) is 7.11 Å². The van der Waals surface area contributed by atoms with E-state index in [9.17, 15) is 4.79 Å². The van der Waals surface area contributed by atoms with Gasteiger partial charge in [-0.1, -0.05) is 12.1 Å². The standard InChI is InChI=1S/C21H19NO2/c1-22-10-9-16-11-14(3-8-20(16)22)12-17-5-4-15-6-7-18(24-2)13-19(15)21(17)23/h3,6-13H,4-5H2,1-2H3/b17-12+. The molecule has 0 unspecified atom stereocenters. The first-order valence-electron chi connectivity index (χ1n) is 8.13. The predicted molar refractivity (Wildman–Crippen MR) is 96.5 cm³/mol. The van der Waals surface area contributed by atoms with Gasteiger partial charge in [-0.3, -0.25) is 4.79 Å². The molecule has 4 rings (SSSR count). The van der Waals surface area contributed by atoms with Crippen LogP contribution in [0, 0.1) is 0 Å². The van der Waals surface area contributed by atoms with Gasteiger partial charge < -0.3 is 9.30 Å². The van der Waals surface area contributed by atoms with Crippen LogP contribution in [0.3, 0.4) is 0 Å². The highest BCUT2D eigenvalue weighted by Gasteiger charge is 2.22. The number of ketones is 1. The summed E-state index contributed by atoms with van der Waals surface area (Å²) in [6, 6.07) is 14.2. The van der Waals surface area contributed by atoms with Crippen LogP contribution in [0.15, 0.2) is 54.2 Å². The normalized spacial score (nSPS) is 15.8. The van der Waals surface area contributed by atoms with Crippen LogP contribution in [0.2, 0.25) is 0 Å². The lowest BCUT2D eigenvalue weighted by atomic mass is 9.86. The molecular weight excluding hydrogens is 298 g/mol. The number of hydrogen-bond donors (Lipinski definition) is 0. The van der Waals surface area contributed by atoms with Crippen molar-refractivity contribution in [3.63, 3.8) is 0 Å². The predicted octanol–water partition coefficient (Wildman–Crippen LogP) is 4.40. The van der Waals surface area contributed by atoms with Crippen LogP contribution in [-0.4, -0.2) is 17.5 Å². The van der Waals surface area contributed by atoms with Crippen molar-refractivity contribution >= 4 is 22.8 Å². The Morgan fingerprint density at radius 1 is 1.08 bits per heavy atom. The van der Waals surface area contributed by atoms with Gasteiger partial charge in [-0.25, -0.2) is 0 Å². The Labute approximate surface area is 141 Å². The summed E-state index contributed by atoms with van der Waals surface area (Å²) in [6.07, 6.45) is 5.75. The average molecular weight is 317 g/mol. The van der Waals surface area contributed by atoms with Crippen molar-refractivity contribution in [2.24, 2.45) is 7.05 Å². The Kier molecular flexibility index (Phi) is 3.49. The Morgan fingerprint density at radius 2 is 1.96 bits per heavy atom. The molecule has 2 aromatic carbocycles. The summed E-state index contributed by atoms with van der Waals surface area (Å²) >= 11 is 0. The van der Waals surface area contributed by atoms with E-state index in [0.29, 0.717) is 0 Å². The van der Waals surface area contributed by atoms with Gasteiger partial charge in [0, 0.05) is 35.3 Å². The fourth-order valence-electron chi connectivity index (χ4n) is 3.40. The van der Waals surface area contributed by atoms with Crippen LogP contribution in [0.5, 0.6) is 5.75 Å². The highest BCUT2D eigenvalue weighted by molar-refractivity contribution is 6.13. The van der Waals surface area contributed by atoms with E-state index in [1.165, 1.54) is 10.9 Å². The molecule has 0 saturated carbocycles. The van der Waals surface area contributed by atoms with Crippen LogP contribution < -0.4 is 4.74 Å². The summed E-state index contributed by atoms with van der Waals surface area (Å²) < 4.78 is 7.36. The third-order valence-corrected chi connectivity index (χ3v) is 4.77. The van der Waals surface area contributed by atoms with Crippen molar-refractivity contribution in [2.45, 2.75) is 12.8 Å². The van der Waals surface area contributed by atoms with E-state index < -0.39 is 0 Å². The van der Waals surface area contributed by atoms with Gasteiger partial charge >= 0.3 is 0 Å². The van der Waals surface area contributed by atoms with Gasteiger partial charge in [-0.05, 0) is 60.4 Å². The van der Waals surface area contributed by atoms with Crippen LogP contribution in [-0.2, 0) is 13.5 Å². The maximum absolute atomic E-state index is 12.8. The number of nitrogens with zero attached hydrogens (tertiary/aromatic N) is 1. The van der Waals surface area contributed by atoms with Crippen LogP contribution in [0.4, 0.5) is 0 Å². The second kappa shape index (κ2) is 5.68. The Balaban J connectivity index is 1.72. The lowest BCUT2D eigenvalue weighted by Crippen LogP contribution is -2.14. The third-order valence-electron chi connectivity index (χ3n) is 4.77. The van der Waals surface area contributed by atoms with Crippen molar-refractivity contribution in [2.75, 3.05) is 7.11 Å². The Hall–Kier alpha value is -2.81. The summed E-state index contributed by atoms with van der Waals surface area (Å²) in [5.41, 5.74) is 5.01. The lowest BCUT2D eigenvalue weighted by molar-refractivity contribution is 0.102. The molecule has 0 N–H and O–H groups in total. The van der Waals surface area contributed by atoms with Gasteiger partial charge in [0.2, 0.25) is 0 Å². The first-order valence-corrected chi connectivity index (χ1v) is 8.13. The van der Waals surface area contributed by atoms with E-state index in [-0.39, 0.29) is 5.78 Å². The molecule has 0 bridgehead atoms. The monoisotopic (exact) mass is 317 g/mol. The second-order valence-electron chi connectivity index (χ2n) is 6.27. The minimum absolute atomic E-state index is 0.114. The van der Waals surface area contributed by atoms with Crippen molar-refractivity contribution in [3.05, 3.63) is 70.9 Å². The molecule has 0 saturated heterocycles. The molecule has 3 nitrogen and oxygen atoms in total. The fraction of sp³-hybridized carbons (Fsp3) is 0.190. The number of hydrogen-bond acceptors (Lipinski definition) is 2. The molecule has 24 heavy (non-hydrogen) atoms. The first kappa shape index (κ1) is 14.8. The zero-order valence-electron chi connectivity index (χ0n) is 13.9. The SMILES string of the molecule is COc1ccc2c(c1)C(=O)/C(=C/c1ccc3c(ccn3C)c1)CC2. The number of methoxy groups -OCH3 is 1. The van der Waals surface area contributed by atoms with E-state index in [2.05, 4.69) is 35.0 Å². The minimum Gasteiger partial charge on any atom is -0.497 e. The van der Waals surface area contributed by atoms with Crippen LogP contribution in [0.25, 0.3) is 17.0 Å². The molecule has 0 atom stereocenters. The van der Waals surface area contributed by atoms with Crippen molar-refractivity contribution in [1.82, 2.24) is 4.57 Å². The summed E-state index contributed by atoms with van der Waals surface area (Å²) in [5.74, 6) is 0.845. The molecular formula is C21H19NO2. The Morgan fingerprint density at radius 3 is 2.79 bits per heavy atom. The second-order valence-corrected chi connectivity index (χ2v) is 6.27. The molecule has 3 heteroatoms. The molecule has 0 fully saturated rings. The summed E-state index contributed by atoms with van der Waals surface area (Å²) in [5, 5.41) is 1.19. The number of carbonyl (C=O) groups is 1. The first-order chi connectivity index (χ1) is 11.7. The van der Waals surface area contributed by atoms with Gasteiger partial charge in [0.15, 0.2) is 5.78 Å². The molecule has 0 amide bonds. The number of rotatable bonds is 2. The van der Waals surface area contributed by atoms with Gasteiger partial charge in [0.1, 0.15) is 5.75 Å². The van der Waals surface area contributed by atoms with Gasteiger partial charge in [-0.2, -0.15) is 0 Å². The molecule has 1 aliphatic carbocycles. The number of ether oxygens (including phenoxy) is 1.